The lowest BCUT2D eigenvalue weighted by molar-refractivity contribution is 0.0938. The van der Waals surface area contributed by atoms with Gasteiger partial charge >= 0.3 is 0 Å². The molecule has 0 atom stereocenters. The smallest absolute Gasteiger partial charge is 0.287 e. The molecule has 1 aromatic heterocycles. The molecular formula is C20H20N4O5S. The number of carbonyl (C=O) groups is 2. The van der Waals surface area contributed by atoms with Gasteiger partial charge in [0.1, 0.15) is 0 Å². The fraction of sp³-hybridized carbons (Fsp3) is 0.200. The minimum Gasteiger partial charge on any atom is -0.295 e. The Kier molecular flexibility index (Phi) is 5.81. The second-order valence-corrected chi connectivity index (χ2v) is 8.56. The predicted molar refractivity (Wildman–Crippen MR) is 111 cm³/mol. The number of ketones is 1. The number of aromatic nitrogens is 2. The highest BCUT2D eigenvalue weighted by atomic mass is 32.2. The Bertz CT molecular complexity index is 1310. The summed E-state index contributed by atoms with van der Waals surface area (Å²) in [7, 11) is -4.14. The van der Waals surface area contributed by atoms with Gasteiger partial charge in [-0.2, -0.15) is 5.10 Å². The van der Waals surface area contributed by atoms with Crippen molar-refractivity contribution in [3.05, 3.63) is 70.1 Å². The van der Waals surface area contributed by atoms with E-state index in [4.69, 9.17) is 0 Å². The molecule has 0 unspecified atom stereocenters. The average molecular weight is 428 g/mol. The zero-order valence-electron chi connectivity index (χ0n) is 16.5. The lowest BCUT2D eigenvalue weighted by Gasteiger charge is -2.14. The summed E-state index contributed by atoms with van der Waals surface area (Å²) in [5, 5.41) is 4.72. The molecule has 0 fully saturated rings. The van der Waals surface area contributed by atoms with Crippen molar-refractivity contribution in [3.8, 4) is 0 Å². The van der Waals surface area contributed by atoms with Crippen LogP contribution in [-0.2, 0) is 10.0 Å². The van der Waals surface area contributed by atoms with Crippen molar-refractivity contribution >= 4 is 32.5 Å². The lowest BCUT2D eigenvalue weighted by atomic mass is 10.1. The lowest BCUT2D eigenvalue weighted by Crippen LogP contribution is -2.42. The molecule has 2 aromatic carbocycles. The van der Waals surface area contributed by atoms with Crippen molar-refractivity contribution in [1.82, 2.24) is 20.0 Å². The SMILES string of the molecule is CC(=O)c1cccc(S(=O)(=O)NNC(=O)c2nn(C(C)C)c(=O)c3ccccc23)c1. The highest BCUT2D eigenvalue weighted by Gasteiger charge is 2.21. The van der Waals surface area contributed by atoms with Crippen molar-refractivity contribution < 1.29 is 18.0 Å². The molecule has 3 rings (SSSR count). The number of nitrogens with one attached hydrogen (secondary N) is 2. The van der Waals surface area contributed by atoms with Gasteiger partial charge in [0.05, 0.1) is 16.3 Å². The first kappa shape index (κ1) is 21.3. The van der Waals surface area contributed by atoms with Crippen LogP contribution < -0.4 is 15.8 Å². The Labute approximate surface area is 172 Å². The fourth-order valence-electron chi connectivity index (χ4n) is 2.84. The van der Waals surface area contributed by atoms with Gasteiger partial charge in [-0.3, -0.25) is 19.8 Å². The summed E-state index contributed by atoms with van der Waals surface area (Å²) in [6.07, 6.45) is 0. The van der Waals surface area contributed by atoms with E-state index in [-0.39, 0.29) is 33.5 Å². The third-order valence-electron chi connectivity index (χ3n) is 4.38. The second-order valence-electron chi connectivity index (χ2n) is 6.88. The van der Waals surface area contributed by atoms with E-state index in [1.165, 1.54) is 35.9 Å². The first-order chi connectivity index (χ1) is 14.1. The van der Waals surface area contributed by atoms with Gasteiger partial charge in [-0.05, 0) is 39.0 Å². The molecule has 0 saturated carbocycles. The van der Waals surface area contributed by atoms with Gasteiger partial charge in [-0.1, -0.05) is 30.3 Å². The van der Waals surface area contributed by atoms with E-state index in [0.717, 1.165) is 0 Å². The number of sulfonamides is 1. The van der Waals surface area contributed by atoms with Gasteiger partial charge in [0.15, 0.2) is 11.5 Å². The average Bonchev–Trinajstić information content (AvgIpc) is 2.72. The number of Topliss-reactive ketones (excluding diaryl/α,β-unsaturated/α-hetero) is 1. The van der Waals surface area contributed by atoms with Crippen LogP contribution in [0.15, 0.2) is 58.2 Å². The first-order valence-electron chi connectivity index (χ1n) is 9.06. The minimum atomic E-state index is -4.14. The van der Waals surface area contributed by atoms with E-state index in [1.807, 2.05) is 4.83 Å². The minimum absolute atomic E-state index is 0.0981. The summed E-state index contributed by atoms with van der Waals surface area (Å²) in [6, 6.07) is 11.6. The summed E-state index contributed by atoms with van der Waals surface area (Å²) in [5.41, 5.74) is 1.90. The quantitative estimate of drug-likeness (QED) is 0.455. The van der Waals surface area contributed by atoms with Crippen LogP contribution in [0.25, 0.3) is 10.8 Å². The highest BCUT2D eigenvalue weighted by Crippen LogP contribution is 2.15. The van der Waals surface area contributed by atoms with Crippen LogP contribution in [0.1, 0.15) is 47.7 Å². The van der Waals surface area contributed by atoms with E-state index < -0.39 is 15.9 Å². The molecular weight excluding hydrogens is 408 g/mol. The maximum absolute atomic E-state index is 12.7. The van der Waals surface area contributed by atoms with Gasteiger partial charge in [0.25, 0.3) is 21.5 Å². The molecule has 0 saturated heterocycles. The number of hydrogen-bond acceptors (Lipinski definition) is 6. The predicted octanol–water partition coefficient (Wildman–Crippen LogP) is 1.80. The number of fused-ring (bicyclic) bond motifs is 1. The molecule has 1 amide bonds. The fourth-order valence-corrected chi connectivity index (χ4v) is 3.72. The Hall–Kier alpha value is -3.37. The molecule has 0 aliphatic carbocycles. The Balaban J connectivity index is 1.94. The van der Waals surface area contributed by atoms with Crippen LogP contribution in [0, 0.1) is 0 Å². The molecule has 2 N–H and O–H groups in total. The normalized spacial score (nSPS) is 11.6. The van der Waals surface area contributed by atoms with Gasteiger partial charge in [-0.15, -0.1) is 4.83 Å². The van der Waals surface area contributed by atoms with E-state index in [9.17, 15) is 22.8 Å². The zero-order chi connectivity index (χ0) is 22.1. The van der Waals surface area contributed by atoms with Crippen LogP contribution in [0.5, 0.6) is 0 Å². The number of nitrogens with zero attached hydrogens (tertiary/aromatic N) is 2. The summed E-state index contributed by atoms with van der Waals surface area (Å²) < 4.78 is 26.2. The highest BCUT2D eigenvalue weighted by molar-refractivity contribution is 7.89. The van der Waals surface area contributed by atoms with Gasteiger partial charge < -0.3 is 0 Å². The summed E-state index contributed by atoms with van der Waals surface area (Å²) >= 11 is 0. The molecule has 0 spiro atoms. The van der Waals surface area contributed by atoms with E-state index in [0.29, 0.717) is 10.8 Å². The van der Waals surface area contributed by atoms with Gasteiger partial charge in [0, 0.05) is 10.9 Å². The third-order valence-corrected chi connectivity index (χ3v) is 5.63. The Morgan fingerprint density at radius 1 is 1.03 bits per heavy atom. The van der Waals surface area contributed by atoms with E-state index in [2.05, 4.69) is 10.5 Å². The second kappa shape index (κ2) is 8.17. The molecule has 156 valence electrons. The molecule has 0 aliphatic rings. The molecule has 30 heavy (non-hydrogen) atoms. The number of carbonyl (C=O) groups excluding carboxylic acids is 2. The molecule has 1 heterocycles. The molecule has 3 aromatic rings. The van der Waals surface area contributed by atoms with Crippen LogP contribution in [0.3, 0.4) is 0 Å². The number of benzene rings is 2. The number of rotatable bonds is 6. The van der Waals surface area contributed by atoms with Crippen molar-refractivity contribution in [2.75, 3.05) is 0 Å². The molecule has 0 aliphatic heterocycles. The number of amides is 1. The van der Waals surface area contributed by atoms with Crippen LogP contribution in [0.2, 0.25) is 0 Å². The van der Waals surface area contributed by atoms with Crippen LogP contribution >= 0.6 is 0 Å². The van der Waals surface area contributed by atoms with Crippen molar-refractivity contribution in [2.24, 2.45) is 0 Å². The monoisotopic (exact) mass is 428 g/mol. The standard InChI is InChI=1S/C20H20N4O5S/c1-12(2)24-20(27)17-10-5-4-9-16(17)18(22-24)19(26)21-23-30(28,29)15-8-6-7-14(11-15)13(3)25/h4-12,23H,1-3H3,(H,21,26). The van der Waals surface area contributed by atoms with Crippen molar-refractivity contribution in [1.29, 1.82) is 0 Å². The third kappa shape index (κ3) is 4.14. The molecule has 10 heteroatoms. The maximum Gasteiger partial charge on any atom is 0.287 e. The van der Waals surface area contributed by atoms with Crippen molar-refractivity contribution in [2.45, 2.75) is 31.7 Å². The van der Waals surface area contributed by atoms with Crippen LogP contribution in [-0.4, -0.2) is 29.9 Å². The summed E-state index contributed by atoms with van der Waals surface area (Å²) in [5.74, 6) is -1.12. The molecule has 9 nitrogen and oxygen atoms in total. The zero-order valence-corrected chi connectivity index (χ0v) is 17.4. The Morgan fingerprint density at radius 2 is 1.70 bits per heavy atom. The Morgan fingerprint density at radius 3 is 2.33 bits per heavy atom. The van der Waals surface area contributed by atoms with E-state index >= 15 is 0 Å². The number of hydrazine groups is 1. The van der Waals surface area contributed by atoms with Crippen molar-refractivity contribution in [3.63, 3.8) is 0 Å². The number of hydrogen-bond donors (Lipinski definition) is 2. The molecule has 0 radical (unpaired) electrons. The summed E-state index contributed by atoms with van der Waals surface area (Å²) in [6.45, 7) is 4.81. The maximum atomic E-state index is 12.7. The first-order valence-corrected chi connectivity index (χ1v) is 10.5. The topological polar surface area (TPSA) is 127 Å². The van der Waals surface area contributed by atoms with Gasteiger partial charge in [-0.25, -0.2) is 13.1 Å². The molecule has 0 bridgehead atoms. The van der Waals surface area contributed by atoms with Crippen LogP contribution in [0.4, 0.5) is 0 Å². The van der Waals surface area contributed by atoms with Gasteiger partial charge in [0.2, 0.25) is 0 Å². The largest absolute Gasteiger partial charge is 0.295 e. The van der Waals surface area contributed by atoms with E-state index in [1.54, 1.807) is 38.1 Å². The summed E-state index contributed by atoms with van der Waals surface area (Å²) in [4.78, 5) is 38.6.